The predicted molar refractivity (Wildman–Crippen MR) is 74.7 cm³/mol. The largest absolute Gasteiger partial charge is 0.370 e. The molecule has 1 saturated carbocycles. The molecule has 1 aliphatic rings. The van der Waals surface area contributed by atoms with Crippen LogP contribution in [0.1, 0.15) is 32.0 Å². The van der Waals surface area contributed by atoms with Gasteiger partial charge in [-0.25, -0.2) is 9.97 Å². The maximum absolute atomic E-state index is 5.60. The van der Waals surface area contributed by atoms with E-state index >= 15 is 0 Å². The second-order valence-corrected chi connectivity index (χ2v) is 5.14. The number of nitrogens with two attached hydrogens (primary N) is 1. The van der Waals surface area contributed by atoms with Crippen LogP contribution in [0.3, 0.4) is 0 Å². The van der Waals surface area contributed by atoms with Crippen LogP contribution in [-0.4, -0.2) is 29.1 Å². The molecule has 0 saturated heterocycles. The van der Waals surface area contributed by atoms with Gasteiger partial charge in [-0.05, 0) is 32.6 Å². The number of aryl methyl sites for hydroxylation is 1. The van der Waals surface area contributed by atoms with Crippen molar-refractivity contribution in [2.45, 2.75) is 39.2 Å². The molecule has 0 aliphatic heterocycles. The van der Waals surface area contributed by atoms with E-state index < -0.39 is 0 Å². The molecule has 18 heavy (non-hydrogen) atoms. The smallest absolute Gasteiger partial charge is 0.132 e. The Hall–Kier alpha value is -1.36. The number of nitrogens with one attached hydrogen (secondary N) is 2. The summed E-state index contributed by atoms with van der Waals surface area (Å²) in [5.74, 6) is 3.35. The lowest BCUT2D eigenvalue weighted by molar-refractivity contribution is 0.333. The van der Waals surface area contributed by atoms with E-state index in [2.05, 4.69) is 20.6 Å². The van der Waals surface area contributed by atoms with Gasteiger partial charge in [0.15, 0.2) is 0 Å². The highest BCUT2D eigenvalue weighted by Crippen LogP contribution is 2.26. The highest BCUT2D eigenvalue weighted by atomic mass is 15.1. The van der Waals surface area contributed by atoms with Gasteiger partial charge in [0, 0.05) is 25.2 Å². The molecule has 0 aromatic carbocycles. The zero-order valence-electron chi connectivity index (χ0n) is 11.2. The van der Waals surface area contributed by atoms with E-state index in [1.54, 1.807) is 0 Å². The zero-order valence-corrected chi connectivity index (χ0v) is 11.2. The molecule has 1 aromatic heterocycles. The summed E-state index contributed by atoms with van der Waals surface area (Å²) < 4.78 is 0. The standard InChI is InChI=1S/C13H23N5/c1-9(7-14)16-13-6-12(17-10(2)18-13)15-8-11-4-3-5-11/h6,9,11H,3-5,7-8,14H2,1-2H3,(H2,15,16,17,18). The molecule has 5 heteroatoms. The minimum Gasteiger partial charge on any atom is -0.370 e. The number of anilines is 2. The number of hydrogen-bond acceptors (Lipinski definition) is 5. The number of rotatable bonds is 6. The maximum Gasteiger partial charge on any atom is 0.132 e. The summed E-state index contributed by atoms with van der Waals surface area (Å²) in [6.45, 7) is 5.56. The van der Waals surface area contributed by atoms with Crippen molar-refractivity contribution >= 4 is 11.6 Å². The highest BCUT2D eigenvalue weighted by molar-refractivity contribution is 5.48. The Bertz CT molecular complexity index is 389. The lowest BCUT2D eigenvalue weighted by atomic mass is 9.85. The van der Waals surface area contributed by atoms with Gasteiger partial charge in [-0.15, -0.1) is 0 Å². The van der Waals surface area contributed by atoms with Crippen LogP contribution < -0.4 is 16.4 Å². The van der Waals surface area contributed by atoms with E-state index in [-0.39, 0.29) is 6.04 Å². The minimum absolute atomic E-state index is 0.221. The molecule has 0 spiro atoms. The molecule has 1 heterocycles. The monoisotopic (exact) mass is 249 g/mol. The van der Waals surface area contributed by atoms with Crippen LogP contribution >= 0.6 is 0 Å². The van der Waals surface area contributed by atoms with Crippen molar-refractivity contribution in [2.75, 3.05) is 23.7 Å². The predicted octanol–water partition coefficient (Wildman–Crippen LogP) is 1.76. The van der Waals surface area contributed by atoms with Crippen molar-refractivity contribution in [3.8, 4) is 0 Å². The fourth-order valence-corrected chi connectivity index (χ4v) is 1.99. The number of aromatic nitrogens is 2. The van der Waals surface area contributed by atoms with Crippen LogP contribution in [0.4, 0.5) is 11.6 Å². The molecule has 0 radical (unpaired) electrons. The van der Waals surface area contributed by atoms with Crippen LogP contribution in [0.5, 0.6) is 0 Å². The molecule has 1 unspecified atom stereocenters. The van der Waals surface area contributed by atoms with Crippen LogP contribution in [0.2, 0.25) is 0 Å². The van der Waals surface area contributed by atoms with Gasteiger partial charge in [0.05, 0.1) is 0 Å². The molecular weight excluding hydrogens is 226 g/mol. The van der Waals surface area contributed by atoms with Crippen LogP contribution in [0, 0.1) is 12.8 Å². The lowest BCUT2D eigenvalue weighted by Crippen LogP contribution is -2.26. The summed E-state index contributed by atoms with van der Waals surface area (Å²) >= 11 is 0. The van der Waals surface area contributed by atoms with E-state index in [4.69, 9.17) is 5.73 Å². The zero-order chi connectivity index (χ0) is 13.0. The van der Waals surface area contributed by atoms with Gasteiger partial charge in [0.1, 0.15) is 17.5 Å². The first-order valence-electron chi connectivity index (χ1n) is 6.73. The van der Waals surface area contributed by atoms with Gasteiger partial charge in [-0.1, -0.05) is 6.42 Å². The Kier molecular flexibility index (Phi) is 4.36. The Labute approximate surface area is 109 Å². The number of hydrogen-bond donors (Lipinski definition) is 3. The molecule has 0 bridgehead atoms. The molecule has 100 valence electrons. The van der Waals surface area contributed by atoms with Crippen LogP contribution in [0.15, 0.2) is 6.07 Å². The molecule has 1 aromatic rings. The lowest BCUT2D eigenvalue weighted by Gasteiger charge is -2.25. The second kappa shape index (κ2) is 6.00. The van der Waals surface area contributed by atoms with Crippen molar-refractivity contribution in [3.63, 3.8) is 0 Å². The summed E-state index contributed by atoms with van der Waals surface area (Å²) in [6.07, 6.45) is 4.05. The molecule has 1 aliphatic carbocycles. The van der Waals surface area contributed by atoms with Crippen molar-refractivity contribution in [2.24, 2.45) is 11.7 Å². The van der Waals surface area contributed by atoms with E-state index in [1.807, 2.05) is 19.9 Å². The molecule has 1 fully saturated rings. The first-order valence-corrected chi connectivity index (χ1v) is 6.73. The third kappa shape index (κ3) is 3.57. The quantitative estimate of drug-likeness (QED) is 0.716. The van der Waals surface area contributed by atoms with Crippen molar-refractivity contribution in [1.82, 2.24) is 9.97 Å². The Morgan fingerprint density at radius 3 is 2.72 bits per heavy atom. The van der Waals surface area contributed by atoms with Gasteiger partial charge in [-0.3, -0.25) is 0 Å². The summed E-state index contributed by atoms with van der Waals surface area (Å²) in [4.78, 5) is 8.77. The average Bonchev–Trinajstić information content (AvgIpc) is 2.26. The topological polar surface area (TPSA) is 75.9 Å². The van der Waals surface area contributed by atoms with Crippen LogP contribution in [0.25, 0.3) is 0 Å². The van der Waals surface area contributed by atoms with E-state index in [1.165, 1.54) is 19.3 Å². The van der Waals surface area contributed by atoms with Gasteiger partial charge in [0.2, 0.25) is 0 Å². The van der Waals surface area contributed by atoms with E-state index in [0.717, 1.165) is 29.9 Å². The van der Waals surface area contributed by atoms with Gasteiger partial charge >= 0.3 is 0 Å². The van der Waals surface area contributed by atoms with Crippen molar-refractivity contribution in [1.29, 1.82) is 0 Å². The summed E-state index contributed by atoms with van der Waals surface area (Å²) in [6, 6.07) is 2.18. The molecular formula is C13H23N5. The first kappa shape index (κ1) is 13.1. The van der Waals surface area contributed by atoms with Crippen molar-refractivity contribution in [3.05, 3.63) is 11.9 Å². The Morgan fingerprint density at radius 2 is 2.11 bits per heavy atom. The van der Waals surface area contributed by atoms with E-state index in [0.29, 0.717) is 6.54 Å². The minimum atomic E-state index is 0.221. The molecule has 1 atom stereocenters. The van der Waals surface area contributed by atoms with E-state index in [9.17, 15) is 0 Å². The maximum atomic E-state index is 5.60. The second-order valence-electron chi connectivity index (χ2n) is 5.14. The fraction of sp³-hybridized carbons (Fsp3) is 0.692. The third-order valence-electron chi connectivity index (χ3n) is 3.38. The van der Waals surface area contributed by atoms with Gasteiger partial charge in [-0.2, -0.15) is 0 Å². The molecule has 0 amide bonds. The fourth-order valence-electron chi connectivity index (χ4n) is 1.99. The van der Waals surface area contributed by atoms with Crippen LogP contribution in [-0.2, 0) is 0 Å². The van der Waals surface area contributed by atoms with Gasteiger partial charge < -0.3 is 16.4 Å². The average molecular weight is 249 g/mol. The molecule has 5 nitrogen and oxygen atoms in total. The first-order chi connectivity index (χ1) is 8.67. The summed E-state index contributed by atoms with van der Waals surface area (Å²) in [7, 11) is 0. The normalized spacial score (nSPS) is 17.1. The number of nitrogens with zero attached hydrogens (tertiary/aromatic N) is 2. The van der Waals surface area contributed by atoms with Gasteiger partial charge in [0.25, 0.3) is 0 Å². The molecule has 2 rings (SSSR count). The highest BCUT2D eigenvalue weighted by Gasteiger charge is 2.17. The molecule has 4 N–H and O–H groups in total. The Balaban J connectivity index is 1.96. The summed E-state index contributed by atoms with van der Waals surface area (Å²) in [5.41, 5.74) is 5.60. The Morgan fingerprint density at radius 1 is 1.39 bits per heavy atom. The summed E-state index contributed by atoms with van der Waals surface area (Å²) in [5, 5.41) is 6.67. The SMILES string of the molecule is Cc1nc(NCC2CCC2)cc(NC(C)CN)n1. The van der Waals surface area contributed by atoms with Crippen molar-refractivity contribution < 1.29 is 0 Å². The third-order valence-corrected chi connectivity index (χ3v) is 3.38.